The largest absolute Gasteiger partial charge is 0.507 e. The summed E-state index contributed by atoms with van der Waals surface area (Å²) >= 11 is 6.98. The molecule has 126 valence electrons. The molecular formula is C17H11ClN2O4S. The van der Waals surface area contributed by atoms with Crippen LogP contribution in [0.15, 0.2) is 52.4 Å². The molecule has 3 rings (SSSR count). The first-order valence-corrected chi connectivity index (χ1v) is 8.23. The molecule has 1 fully saturated rings. The Hall–Kier alpha value is -2.77. The lowest BCUT2D eigenvalue weighted by atomic mass is 10.2. The van der Waals surface area contributed by atoms with Gasteiger partial charge in [0.1, 0.15) is 11.3 Å². The van der Waals surface area contributed by atoms with E-state index in [1.165, 1.54) is 18.2 Å². The molecule has 1 saturated heterocycles. The molecule has 1 amide bonds. The normalized spacial score (nSPS) is 17.1. The molecule has 0 atom stereocenters. The molecule has 1 aliphatic rings. The summed E-state index contributed by atoms with van der Waals surface area (Å²) < 4.78 is 0. The van der Waals surface area contributed by atoms with Crippen LogP contribution in [0.1, 0.15) is 15.9 Å². The first-order chi connectivity index (χ1) is 11.9. The fraction of sp³-hybridized carbons (Fsp3) is 0. The van der Waals surface area contributed by atoms with Crippen molar-refractivity contribution in [2.24, 2.45) is 4.99 Å². The third kappa shape index (κ3) is 4.01. The minimum Gasteiger partial charge on any atom is -0.507 e. The summed E-state index contributed by atoms with van der Waals surface area (Å²) in [5.74, 6) is -1.90. The highest BCUT2D eigenvalue weighted by atomic mass is 35.5. The summed E-state index contributed by atoms with van der Waals surface area (Å²) in [6.07, 6.45) is 1.71. The molecule has 1 aliphatic heterocycles. The van der Waals surface area contributed by atoms with Gasteiger partial charge in [-0.25, -0.2) is 9.79 Å². The van der Waals surface area contributed by atoms with Gasteiger partial charge in [0.05, 0.1) is 10.6 Å². The van der Waals surface area contributed by atoms with Crippen LogP contribution in [0.25, 0.3) is 6.08 Å². The molecule has 2 aromatic carbocycles. The minimum atomic E-state index is -1.23. The van der Waals surface area contributed by atoms with Crippen molar-refractivity contribution in [2.75, 3.05) is 0 Å². The van der Waals surface area contributed by atoms with E-state index in [0.29, 0.717) is 20.8 Å². The van der Waals surface area contributed by atoms with Gasteiger partial charge in [-0.3, -0.25) is 4.79 Å². The number of hydrogen-bond donors (Lipinski definition) is 3. The summed E-state index contributed by atoms with van der Waals surface area (Å²) in [4.78, 5) is 27.6. The number of carboxylic acids is 1. The molecule has 0 radical (unpaired) electrons. The van der Waals surface area contributed by atoms with Crippen molar-refractivity contribution < 1.29 is 19.8 Å². The highest BCUT2D eigenvalue weighted by Gasteiger charge is 2.24. The average Bonchev–Trinajstić information content (AvgIpc) is 2.88. The number of rotatable bonds is 3. The smallest absolute Gasteiger partial charge is 0.339 e. The van der Waals surface area contributed by atoms with E-state index in [-0.39, 0.29) is 17.2 Å². The second kappa shape index (κ2) is 7.00. The number of halogens is 1. The number of phenols is 1. The van der Waals surface area contributed by atoms with Crippen LogP contribution in [0.3, 0.4) is 0 Å². The van der Waals surface area contributed by atoms with Crippen molar-refractivity contribution in [1.29, 1.82) is 0 Å². The van der Waals surface area contributed by atoms with Gasteiger partial charge in [0.15, 0.2) is 5.17 Å². The Balaban J connectivity index is 1.82. The molecule has 0 aromatic heterocycles. The van der Waals surface area contributed by atoms with Crippen molar-refractivity contribution in [3.05, 3.63) is 63.5 Å². The van der Waals surface area contributed by atoms with Crippen molar-refractivity contribution in [1.82, 2.24) is 5.32 Å². The SMILES string of the molecule is O=C1NC(=Nc2ccc(C(=O)O)c(O)c2)S/C1=C\c1ccc(Cl)cc1. The van der Waals surface area contributed by atoms with Gasteiger partial charge in [-0.15, -0.1) is 0 Å². The highest BCUT2D eigenvalue weighted by Crippen LogP contribution is 2.30. The van der Waals surface area contributed by atoms with E-state index in [9.17, 15) is 14.7 Å². The lowest BCUT2D eigenvalue weighted by Crippen LogP contribution is -2.19. The Kier molecular flexibility index (Phi) is 4.78. The van der Waals surface area contributed by atoms with Gasteiger partial charge in [0, 0.05) is 11.1 Å². The first kappa shape index (κ1) is 17.1. The number of nitrogens with one attached hydrogen (secondary N) is 1. The third-order valence-electron chi connectivity index (χ3n) is 3.26. The van der Waals surface area contributed by atoms with E-state index in [4.69, 9.17) is 16.7 Å². The van der Waals surface area contributed by atoms with Gasteiger partial charge in [-0.05, 0) is 47.7 Å². The van der Waals surface area contributed by atoms with Crippen molar-refractivity contribution >= 4 is 52.2 Å². The predicted molar refractivity (Wildman–Crippen MR) is 97.3 cm³/mol. The fourth-order valence-corrected chi connectivity index (χ4v) is 3.05. The molecule has 3 N–H and O–H groups in total. The zero-order chi connectivity index (χ0) is 18.0. The summed E-state index contributed by atoms with van der Waals surface area (Å²) in [6, 6.07) is 11.0. The number of benzene rings is 2. The van der Waals surface area contributed by atoms with E-state index < -0.39 is 5.97 Å². The Bertz CT molecular complexity index is 923. The van der Waals surface area contributed by atoms with Crippen LogP contribution in [-0.4, -0.2) is 27.3 Å². The molecule has 0 spiro atoms. The zero-order valence-corrected chi connectivity index (χ0v) is 14.1. The van der Waals surface area contributed by atoms with Crippen LogP contribution in [0, 0.1) is 0 Å². The lowest BCUT2D eigenvalue weighted by Gasteiger charge is -2.01. The number of carboxylic acid groups (broad SMARTS) is 1. The highest BCUT2D eigenvalue weighted by molar-refractivity contribution is 8.18. The molecule has 8 heteroatoms. The minimum absolute atomic E-state index is 0.213. The van der Waals surface area contributed by atoms with Crippen molar-refractivity contribution in [2.45, 2.75) is 0 Å². The van der Waals surface area contributed by atoms with E-state index in [2.05, 4.69) is 10.3 Å². The maximum atomic E-state index is 12.0. The Morgan fingerprint density at radius 3 is 2.56 bits per heavy atom. The standard InChI is InChI=1S/C17H11ClN2O4S/c18-10-3-1-9(2-4-10)7-14-15(22)20-17(25-14)19-11-5-6-12(16(23)24)13(21)8-11/h1-8,21H,(H,23,24)(H,19,20,22)/b14-7-. The molecule has 25 heavy (non-hydrogen) atoms. The summed E-state index contributed by atoms with van der Waals surface area (Å²) in [7, 11) is 0. The number of amidine groups is 1. The van der Waals surface area contributed by atoms with Crippen LogP contribution in [0.4, 0.5) is 5.69 Å². The van der Waals surface area contributed by atoms with Crippen molar-refractivity contribution in [3.63, 3.8) is 0 Å². The number of thioether (sulfide) groups is 1. The van der Waals surface area contributed by atoms with Gasteiger partial charge in [0.25, 0.3) is 5.91 Å². The molecule has 0 bridgehead atoms. The number of hydrogen-bond acceptors (Lipinski definition) is 5. The number of nitrogens with zero attached hydrogens (tertiary/aromatic N) is 1. The molecular weight excluding hydrogens is 364 g/mol. The van der Waals surface area contributed by atoms with Gasteiger partial charge < -0.3 is 15.5 Å². The Morgan fingerprint density at radius 1 is 1.20 bits per heavy atom. The van der Waals surface area contributed by atoms with E-state index in [1.807, 2.05) is 0 Å². The molecule has 2 aromatic rings. The number of aliphatic imine (C=N–C) groups is 1. The molecule has 0 unspecified atom stereocenters. The predicted octanol–water partition coefficient (Wildman–Crippen LogP) is 3.64. The number of carbonyl (C=O) groups excluding carboxylic acids is 1. The maximum Gasteiger partial charge on any atom is 0.339 e. The van der Waals surface area contributed by atoms with Gasteiger partial charge in [0.2, 0.25) is 0 Å². The lowest BCUT2D eigenvalue weighted by molar-refractivity contribution is -0.115. The van der Waals surface area contributed by atoms with Gasteiger partial charge >= 0.3 is 5.97 Å². The first-order valence-electron chi connectivity index (χ1n) is 7.04. The monoisotopic (exact) mass is 374 g/mol. The number of amides is 1. The Morgan fingerprint density at radius 2 is 1.92 bits per heavy atom. The molecule has 1 heterocycles. The average molecular weight is 375 g/mol. The van der Waals surface area contributed by atoms with Crippen LogP contribution in [-0.2, 0) is 4.79 Å². The second-order valence-electron chi connectivity index (χ2n) is 5.04. The molecule has 6 nitrogen and oxygen atoms in total. The number of aromatic carboxylic acids is 1. The summed E-state index contributed by atoms with van der Waals surface area (Å²) in [5.41, 5.74) is 0.945. The topological polar surface area (TPSA) is 99.0 Å². The summed E-state index contributed by atoms with van der Waals surface area (Å²) in [6.45, 7) is 0. The van der Waals surface area contributed by atoms with E-state index in [1.54, 1.807) is 30.3 Å². The zero-order valence-electron chi connectivity index (χ0n) is 12.6. The number of carbonyl (C=O) groups is 2. The molecule has 0 aliphatic carbocycles. The Labute approximate surface area is 151 Å². The second-order valence-corrected chi connectivity index (χ2v) is 6.51. The van der Waals surface area contributed by atoms with Crippen molar-refractivity contribution in [3.8, 4) is 5.75 Å². The van der Waals surface area contributed by atoms with Gasteiger partial charge in [-0.1, -0.05) is 23.7 Å². The number of aromatic hydroxyl groups is 1. The molecule has 0 saturated carbocycles. The van der Waals surface area contributed by atoms with Crippen LogP contribution in [0.2, 0.25) is 5.02 Å². The maximum absolute atomic E-state index is 12.0. The van der Waals surface area contributed by atoms with Crippen LogP contribution >= 0.6 is 23.4 Å². The van der Waals surface area contributed by atoms with Crippen LogP contribution in [0.5, 0.6) is 5.75 Å². The fourth-order valence-electron chi connectivity index (χ4n) is 2.08. The summed E-state index contributed by atoms with van der Waals surface area (Å²) in [5, 5.41) is 22.2. The van der Waals surface area contributed by atoms with Gasteiger partial charge in [-0.2, -0.15) is 0 Å². The van der Waals surface area contributed by atoms with E-state index in [0.717, 1.165) is 17.3 Å². The van der Waals surface area contributed by atoms with Crippen LogP contribution < -0.4 is 5.32 Å². The van der Waals surface area contributed by atoms with E-state index >= 15 is 0 Å². The third-order valence-corrected chi connectivity index (χ3v) is 4.42. The quantitative estimate of drug-likeness (QED) is 0.712.